The van der Waals surface area contributed by atoms with Gasteiger partial charge < -0.3 is 20.1 Å². The molecular formula is C11H12N4O4. The van der Waals surface area contributed by atoms with Crippen molar-refractivity contribution in [2.45, 2.75) is 12.0 Å². The highest BCUT2D eigenvalue weighted by atomic mass is 16.6. The van der Waals surface area contributed by atoms with Crippen molar-refractivity contribution in [2.75, 3.05) is 24.5 Å². The van der Waals surface area contributed by atoms with Crippen LogP contribution in [0.5, 0.6) is 0 Å². The highest BCUT2D eigenvalue weighted by molar-refractivity contribution is 5.69. The Morgan fingerprint density at radius 2 is 2.21 bits per heavy atom. The molecule has 0 atom stereocenters. The normalized spacial score (nSPS) is 19.8. The molecule has 0 bridgehead atoms. The third kappa shape index (κ3) is 1.67. The summed E-state index contributed by atoms with van der Waals surface area (Å²) in [6.45, 7) is 1.66. The van der Waals surface area contributed by atoms with E-state index in [4.69, 9.17) is 5.11 Å². The van der Waals surface area contributed by atoms with E-state index in [1.807, 2.05) is 4.90 Å². The van der Waals surface area contributed by atoms with E-state index in [1.54, 1.807) is 12.1 Å². The predicted molar refractivity (Wildman–Crippen MR) is 65.2 cm³/mol. The van der Waals surface area contributed by atoms with Crippen molar-refractivity contribution < 1.29 is 14.8 Å². The first-order valence-electron chi connectivity index (χ1n) is 5.89. The maximum absolute atomic E-state index is 11.0. The lowest BCUT2D eigenvalue weighted by atomic mass is 9.78. The van der Waals surface area contributed by atoms with Crippen LogP contribution in [-0.2, 0) is 0 Å². The second-order valence-corrected chi connectivity index (χ2v) is 4.88. The lowest BCUT2D eigenvalue weighted by Gasteiger charge is -2.60. The summed E-state index contributed by atoms with van der Waals surface area (Å²) in [5.41, 5.74) is -0.307. The number of amides is 1. The molecule has 2 saturated heterocycles. The van der Waals surface area contributed by atoms with E-state index in [1.165, 1.54) is 11.0 Å². The molecule has 1 amide bonds. The fourth-order valence-corrected chi connectivity index (χ4v) is 2.68. The molecule has 1 aromatic rings. The summed E-state index contributed by atoms with van der Waals surface area (Å²) >= 11 is 0. The van der Waals surface area contributed by atoms with Gasteiger partial charge in [0.1, 0.15) is 0 Å². The highest BCUT2D eigenvalue weighted by Gasteiger charge is 2.56. The topological polar surface area (TPSA) is 99.8 Å². The molecule has 2 aliphatic heterocycles. The van der Waals surface area contributed by atoms with Gasteiger partial charge in [0, 0.05) is 31.8 Å². The lowest BCUT2D eigenvalue weighted by molar-refractivity contribution is -0.389. The minimum Gasteiger partial charge on any atom is -0.465 e. The zero-order valence-corrected chi connectivity index (χ0v) is 10.0. The minimum absolute atomic E-state index is 0.192. The van der Waals surface area contributed by atoms with Gasteiger partial charge in [-0.1, -0.05) is 0 Å². The summed E-state index contributed by atoms with van der Waals surface area (Å²) in [4.78, 5) is 28.3. The largest absolute Gasteiger partial charge is 0.465 e. The van der Waals surface area contributed by atoms with Gasteiger partial charge in [0.15, 0.2) is 0 Å². The van der Waals surface area contributed by atoms with Crippen LogP contribution in [0.2, 0.25) is 0 Å². The van der Waals surface area contributed by atoms with Gasteiger partial charge in [-0.25, -0.2) is 4.79 Å². The molecule has 1 spiro atoms. The third-order valence-corrected chi connectivity index (χ3v) is 3.81. The Morgan fingerprint density at radius 3 is 2.74 bits per heavy atom. The number of hydrogen-bond donors (Lipinski definition) is 1. The summed E-state index contributed by atoms with van der Waals surface area (Å²) in [7, 11) is 0. The van der Waals surface area contributed by atoms with Crippen LogP contribution < -0.4 is 4.90 Å². The summed E-state index contributed by atoms with van der Waals surface area (Å²) in [6, 6.07) is 4.62. The SMILES string of the molecule is O=C(O)N1CCC12CN(c1cccc([N+](=O)[O-])n1)C2. The van der Waals surface area contributed by atoms with Crippen LogP contribution in [0.15, 0.2) is 18.2 Å². The summed E-state index contributed by atoms with van der Waals surface area (Å²) in [5.74, 6) is 0.333. The van der Waals surface area contributed by atoms with Gasteiger partial charge in [0.05, 0.1) is 5.54 Å². The molecule has 0 saturated carbocycles. The van der Waals surface area contributed by atoms with Crippen LogP contribution in [0, 0.1) is 10.1 Å². The van der Waals surface area contributed by atoms with Crippen LogP contribution in [-0.4, -0.2) is 51.2 Å². The molecule has 3 heterocycles. The average molecular weight is 264 g/mol. The Kier molecular flexibility index (Phi) is 2.34. The van der Waals surface area contributed by atoms with Crippen molar-refractivity contribution in [3.63, 3.8) is 0 Å². The Morgan fingerprint density at radius 1 is 1.47 bits per heavy atom. The van der Waals surface area contributed by atoms with Gasteiger partial charge in [0.25, 0.3) is 0 Å². The number of anilines is 1. The van der Waals surface area contributed by atoms with Gasteiger partial charge in [-0.3, -0.25) is 4.90 Å². The van der Waals surface area contributed by atoms with E-state index in [0.29, 0.717) is 25.5 Å². The van der Waals surface area contributed by atoms with Crippen LogP contribution in [0.1, 0.15) is 6.42 Å². The molecule has 1 N–H and O–H groups in total. The van der Waals surface area contributed by atoms with Crippen molar-refractivity contribution >= 4 is 17.7 Å². The van der Waals surface area contributed by atoms with Crippen molar-refractivity contribution in [3.8, 4) is 0 Å². The number of hydrogen-bond acceptors (Lipinski definition) is 5. The number of carbonyl (C=O) groups is 1. The Bertz CT molecular complexity index is 555. The molecule has 0 radical (unpaired) electrons. The first-order valence-corrected chi connectivity index (χ1v) is 5.89. The number of carboxylic acid groups (broad SMARTS) is 1. The van der Waals surface area contributed by atoms with E-state index in [0.717, 1.165) is 6.42 Å². The molecule has 100 valence electrons. The smallest absolute Gasteiger partial charge is 0.407 e. The van der Waals surface area contributed by atoms with Gasteiger partial charge in [-0.2, -0.15) is 0 Å². The highest BCUT2D eigenvalue weighted by Crippen LogP contribution is 2.40. The van der Waals surface area contributed by atoms with E-state index >= 15 is 0 Å². The number of nitrogens with zero attached hydrogens (tertiary/aromatic N) is 4. The van der Waals surface area contributed by atoms with Gasteiger partial charge in [-0.15, -0.1) is 0 Å². The van der Waals surface area contributed by atoms with Crippen LogP contribution in [0.4, 0.5) is 16.4 Å². The molecule has 8 nitrogen and oxygen atoms in total. The fraction of sp³-hybridized carbons (Fsp3) is 0.455. The molecule has 0 aromatic carbocycles. The van der Waals surface area contributed by atoms with E-state index < -0.39 is 11.0 Å². The average Bonchev–Trinajstić information content (AvgIpc) is 2.25. The molecule has 3 rings (SSSR count). The molecule has 2 fully saturated rings. The second kappa shape index (κ2) is 3.81. The zero-order valence-electron chi connectivity index (χ0n) is 10.0. The van der Waals surface area contributed by atoms with Crippen molar-refractivity contribution in [2.24, 2.45) is 0 Å². The molecule has 0 aliphatic carbocycles. The molecule has 19 heavy (non-hydrogen) atoms. The number of nitro groups is 1. The van der Waals surface area contributed by atoms with Crippen molar-refractivity contribution in [1.29, 1.82) is 0 Å². The maximum Gasteiger partial charge on any atom is 0.407 e. The number of pyridine rings is 1. The summed E-state index contributed by atoms with van der Waals surface area (Å²) in [5, 5.41) is 19.7. The van der Waals surface area contributed by atoms with E-state index in [2.05, 4.69) is 4.98 Å². The molecule has 1 aromatic heterocycles. The summed E-state index contributed by atoms with van der Waals surface area (Å²) in [6.07, 6.45) is -0.0667. The predicted octanol–water partition coefficient (Wildman–Crippen LogP) is 0.932. The van der Waals surface area contributed by atoms with E-state index in [9.17, 15) is 14.9 Å². The molecule has 8 heteroatoms. The van der Waals surface area contributed by atoms with Crippen LogP contribution in [0.25, 0.3) is 0 Å². The number of aromatic nitrogens is 1. The third-order valence-electron chi connectivity index (χ3n) is 3.81. The Balaban J connectivity index is 1.72. The second-order valence-electron chi connectivity index (χ2n) is 4.88. The van der Waals surface area contributed by atoms with Gasteiger partial charge in [0.2, 0.25) is 5.82 Å². The Hall–Kier alpha value is -2.38. The van der Waals surface area contributed by atoms with Crippen molar-refractivity contribution in [3.05, 3.63) is 28.3 Å². The monoisotopic (exact) mass is 264 g/mol. The molecule has 0 unspecified atom stereocenters. The molecular weight excluding hydrogens is 252 g/mol. The van der Waals surface area contributed by atoms with Crippen molar-refractivity contribution in [1.82, 2.24) is 9.88 Å². The van der Waals surface area contributed by atoms with E-state index in [-0.39, 0.29) is 11.4 Å². The van der Waals surface area contributed by atoms with Crippen LogP contribution >= 0.6 is 0 Å². The lowest BCUT2D eigenvalue weighted by Crippen LogP contribution is -2.78. The Labute approximate surface area is 108 Å². The number of likely N-dealkylation sites (tertiary alicyclic amines) is 1. The fourth-order valence-electron chi connectivity index (χ4n) is 2.68. The quantitative estimate of drug-likeness (QED) is 0.630. The van der Waals surface area contributed by atoms with Gasteiger partial charge in [-0.05, 0) is 22.4 Å². The molecule has 2 aliphatic rings. The summed E-state index contributed by atoms with van der Waals surface area (Å²) < 4.78 is 0. The van der Waals surface area contributed by atoms with Crippen LogP contribution in [0.3, 0.4) is 0 Å². The maximum atomic E-state index is 11.0. The zero-order chi connectivity index (χ0) is 13.6. The van der Waals surface area contributed by atoms with Gasteiger partial charge >= 0.3 is 11.9 Å². The standard InChI is InChI=1S/C11H12N4O4/c16-10(17)14-5-4-11(14)6-13(7-11)8-2-1-3-9(12-8)15(18)19/h1-3H,4-7H2,(H,16,17). The minimum atomic E-state index is -0.905. The first kappa shape index (κ1) is 11.7. The first-order chi connectivity index (χ1) is 9.02. The number of rotatable bonds is 2.